The summed E-state index contributed by atoms with van der Waals surface area (Å²) in [4.78, 5) is 11.7. The normalized spacial score (nSPS) is 10.5. The number of ether oxygens (including phenoxy) is 1. The van der Waals surface area contributed by atoms with Gasteiger partial charge in [-0.05, 0) is 30.9 Å². The van der Waals surface area contributed by atoms with Crippen LogP contribution < -0.4 is 10.1 Å². The molecule has 1 N–H and O–H groups in total. The van der Waals surface area contributed by atoms with Crippen molar-refractivity contribution in [2.24, 2.45) is 5.92 Å². The molecular weight excluding hydrogens is 262 g/mol. The van der Waals surface area contributed by atoms with Crippen LogP contribution >= 0.6 is 11.6 Å². The topological polar surface area (TPSA) is 38.3 Å². The van der Waals surface area contributed by atoms with Gasteiger partial charge in [0.25, 0.3) is 0 Å². The molecule has 0 heterocycles. The first-order valence-corrected chi connectivity index (χ1v) is 7.24. The van der Waals surface area contributed by atoms with Crippen molar-refractivity contribution in [1.29, 1.82) is 0 Å². The van der Waals surface area contributed by atoms with Crippen LogP contribution in [0.2, 0.25) is 0 Å². The summed E-state index contributed by atoms with van der Waals surface area (Å²) in [6, 6.07) is 7.49. The zero-order valence-electron chi connectivity index (χ0n) is 11.6. The van der Waals surface area contributed by atoms with Gasteiger partial charge in [-0.1, -0.05) is 19.9 Å². The highest BCUT2D eigenvalue weighted by Crippen LogP contribution is 2.18. The fraction of sp³-hybridized carbons (Fsp3) is 0.533. The Balaban J connectivity index is 2.45. The summed E-state index contributed by atoms with van der Waals surface area (Å²) in [7, 11) is 0. The zero-order chi connectivity index (χ0) is 14.1. The third-order valence-corrected chi connectivity index (χ3v) is 2.76. The molecule has 19 heavy (non-hydrogen) atoms. The Kier molecular flexibility index (Phi) is 7.34. The third kappa shape index (κ3) is 7.06. The number of carbonyl (C=O) groups is 1. The molecule has 4 heteroatoms. The number of amides is 1. The molecule has 1 aromatic carbocycles. The Morgan fingerprint density at radius 1 is 1.37 bits per heavy atom. The largest absolute Gasteiger partial charge is 0.493 e. The number of rotatable bonds is 8. The highest BCUT2D eigenvalue weighted by Gasteiger charge is 2.03. The van der Waals surface area contributed by atoms with E-state index in [2.05, 4.69) is 19.2 Å². The molecule has 0 aromatic heterocycles. The van der Waals surface area contributed by atoms with Gasteiger partial charge in [0.2, 0.25) is 5.91 Å². The summed E-state index contributed by atoms with van der Waals surface area (Å²) in [5.74, 6) is 1.89. The van der Waals surface area contributed by atoms with Crippen LogP contribution in [0.3, 0.4) is 0 Å². The SMILES string of the molecule is CC(C)COc1cccc(NC(=O)CCCCCl)c1. The minimum Gasteiger partial charge on any atom is -0.493 e. The second-order valence-corrected chi connectivity index (χ2v) is 5.30. The maximum absolute atomic E-state index is 11.7. The smallest absolute Gasteiger partial charge is 0.224 e. The van der Waals surface area contributed by atoms with Crippen molar-refractivity contribution in [3.05, 3.63) is 24.3 Å². The Hall–Kier alpha value is -1.22. The molecule has 0 atom stereocenters. The number of unbranched alkanes of at least 4 members (excludes halogenated alkanes) is 1. The summed E-state index contributed by atoms with van der Waals surface area (Å²) >= 11 is 5.58. The number of nitrogens with one attached hydrogen (secondary N) is 1. The predicted octanol–water partition coefficient (Wildman–Crippen LogP) is 4.07. The molecule has 0 aliphatic rings. The molecule has 0 saturated carbocycles. The van der Waals surface area contributed by atoms with E-state index in [0.29, 0.717) is 24.8 Å². The molecule has 0 unspecified atom stereocenters. The van der Waals surface area contributed by atoms with Gasteiger partial charge in [0.05, 0.1) is 6.61 Å². The van der Waals surface area contributed by atoms with Gasteiger partial charge >= 0.3 is 0 Å². The lowest BCUT2D eigenvalue weighted by molar-refractivity contribution is -0.116. The molecule has 0 fully saturated rings. The molecule has 0 saturated heterocycles. The van der Waals surface area contributed by atoms with Gasteiger partial charge in [-0.2, -0.15) is 0 Å². The van der Waals surface area contributed by atoms with E-state index in [4.69, 9.17) is 16.3 Å². The molecule has 0 radical (unpaired) electrons. The van der Waals surface area contributed by atoms with Gasteiger partial charge in [0.1, 0.15) is 5.75 Å². The number of anilines is 1. The first-order chi connectivity index (χ1) is 9.11. The quantitative estimate of drug-likeness (QED) is 0.577. The number of halogens is 1. The standard InChI is InChI=1S/C15H22ClNO2/c1-12(2)11-19-14-7-5-6-13(10-14)17-15(18)8-3-4-9-16/h5-7,10,12H,3-4,8-9,11H2,1-2H3,(H,17,18). The monoisotopic (exact) mass is 283 g/mol. The number of alkyl halides is 1. The van der Waals surface area contributed by atoms with Crippen molar-refractivity contribution in [2.75, 3.05) is 17.8 Å². The maximum Gasteiger partial charge on any atom is 0.224 e. The Bertz CT molecular complexity index is 393. The van der Waals surface area contributed by atoms with E-state index < -0.39 is 0 Å². The average Bonchev–Trinajstić information content (AvgIpc) is 2.37. The van der Waals surface area contributed by atoms with Crippen LogP contribution in [0.5, 0.6) is 5.75 Å². The predicted molar refractivity (Wildman–Crippen MR) is 80.0 cm³/mol. The zero-order valence-corrected chi connectivity index (χ0v) is 12.4. The minimum atomic E-state index is 0.0196. The van der Waals surface area contributed by atoms with E-state index in [1.807, 2.05) is 24.3 Å². The molecule has 3 nitrogen and oxygen atoms in total. The summed E-state index contributed by atoms with van der Waals surface area (Å²) in [6.45, 7) is 4.87. The van der Waals surface area contributed by atoms with Crippen LogP contribution in [-0.2, 0) is 4.79 Å². The summed E-state index contributed by atoms with van der Waals surface area (Å²) in [6.07, 6.45) is 2.19. The van der Waals surface area contributed by atoms with Crippen LogP contribution in [0.1, 0.15) is 33.1 Å². The molecule has 0 aliphatic carbocycles. The first kappa shape index (κ1) is 15.8. The lowest BCUT2D eigenvalue weighted by Gasteiger charge is -2.10. The minimum absolute atomic E-state index is 0.0196. The molecule has 0 spiro atoms. The molecule has 1 rings (SSSR count). The van der Waals surface area contributed by atoms with Gasteiger partial charge in [0.15, 0.2) is 0 Å². The summed E-state index contributed by atoms with van der Waals surface area (Å²) in [5, 5.41) is 2.87. The van der Waals surface area contributed by atoms with E-state index in [9.17, 15) is 4.79 Å². The van der Waals surface area contributed by atoms with Crippen LogP contribution in [0.4, 0.5) is 5.69 Å². The Morgan fingerprint density at radius 2 is 2.16 bits per heavy atom. The number of carbonyl (C=O) groups excluding carboxylic acids is 1. The summed E-state index contributed by atoms with van der Waals surface area (Å²) in [5.41, 5.74) is 0.775. The lowest BCUT2D eigenvalue weighted by Crippen LogP contribution is -2.11. The van der Waals surface area contributed by atoms with Gasteiger partial charge in [-0.25, -0.2) is 0 Å². The highest BCUT2D eigenvalue weighted by molar-refractivity contribution is 6.17. The fourth-order valence-electron chi connectivity index (χ4n) is 1.53. The van der Waals surface area contributed by atoms with Gasteiger partial charge in [0, 0.05) is 24.1 Å². The molecular formula is C15H22ClNO2. The van der Waals surface area contributed by atoms with E-state index in [1.165, 1.54) is 0 Å². The lowest BCUT2D eigenvalue weighted by atomic mass is 10.2. The van der Waals surface area contributed by atoms with Crippen LogP contribution in [0.25, 0.3) is 0 Å². The van der Waals surface area contributed by atoms with E-state index in [1.54, 1.807) is 0 Å². The van der Waals surface area contributed by atoms with E-state index in [0.717, 1.165) is 24.3 Å². The van der Waals surface area contributed by atoms with Crippen molar-refractivity contribution >= 4 is 23.2 Å². The van der Waals surface area contributed by atoms with Crippen LogP contribution in [0, 0.1) is 5.92 Å². The second-order valence-electron chi connectivity index (χ2n) is 4.93. The average molecular weight is 284 g/mol. The van der Waals surface area contributed by atoms with Crippen LogP contribution in [-0.4, -0.2) is 18.4 Å². The number of hydrogen-bond donors (Lipinski definition) is 1. The third-order valence-electron chi connectivity index (χ3n) is 2.49. The van der Waals surface area contributed by atoms with E-state index >= 15 is 0 Å². The van der Waals surface area contributed by atoms with Crippen molar-refractivity contribution in [1.82, 2.24) is 0 Å². The Labute approximate surface area is 120 Å². The van der Waals surface area contributed by atoms with Gasteiger partial charge in [-0.15, -0.1) is 11.6 Å². The first-order valence-electron chi connectivity index (χ1n) is 6.70. The summed E-state index contributed by atoms with van der Waals surface area (Å²) < 4.78 is 5.62. The van der Waals surface area contributed by atoms with Crippen molar-refractivity contribution < 1.29 is 9.53 Å². The molecule has 0 bridgehead atoms. The molecule has 1 aromatic rings. The number of benzene rings is 1. The van der Waals surface area contributed by atoms with Gasteiger partial charge < -0.3 is 10.1 Å². The van der Waals surface area contributed by atoms with Crippen molar-refractivity contribution in [2.45, 2.75) is 33.1 Å². The van der Waals surface area contributed by atoms with Gasteiger partial charge in [-0.3, -0.25) is 4.79 Å². The fourth-order valence-corrected chi connectivity index (χ4v) is 1.72. The molecule has 0 aliphatic heterocycles. The number of hydrogen-bond acceptors (Lipinski definition) is 2. The molecule has 106 valence electrons. The Morgan fingerprint density at radius 3 is 2.84 bits per heavy atom. The second kappa shape index (κ2) is 8.81. The van der Waals surface area contributed by atoms with Crippen molar-refractivity contribution in [3.8, 4) is 5.75 Å². The molecule has 1 amide bonds. The highest BCUT2D eigenvalue weighted by atomic mass is 35.5. The van der Waals surface area contributed by atoms with Crippen LogP contribution in [0.15, 0.2) is 24.3 Å². The van der Waals surface area contributed by atoms with Crippen molar-refractivity contribution in [3.63, 3.8) is 0 Å². The maximum atomic E-state index is 11.7. The van der Waals surface area contributed by atoms with E-state index in [-0.39, 0.29) is 5.91 Å².